The summed E-state index contributed by atoms with van der Waals surface area (Å²) in [6, 6.07) is 22.2. The molecular weight excluding hydrogens is 512 g/mol. The SMILES string of the molecule is COc1cccc(OCCOc2c(Br)cc(/C=C(\C#N)C(=O)NCc3ccccc3)cc2OC)c1. The van der Waals surface area contributed by atoms with E-state index in [2.05, 4.69) is 21.2 Å². The minimum absolute atomic E-state index is 0.0183. The van der Waals surface area contributed by atoms with Crippen LogP contribution in [0.15, 0.2) is 76.8 Å². The molecule has 0 radical (unpaired) electrons. The van der Waals surface area contributed by atoms with Crippen LogP contribution in [0.25, 0.3) is 6.08 Å². The second kappa shape index (κ2) is 13.1. The van der Waals surface area contributed by atoms with Crippen molar-refractivity contribution in [1.29, 1.82) is 5.26 Å². The predicted octanol–water partition coefficient (Wildman–Crippen LogP) is 5.15. The first-order valence-corrected chi connectivity index (χ1v) is 11.5. The molecule has 3 aromatic carbocycles. The van der Waals surface area contributed by atoms with Crippen LogP contribution in [0.3, 0.4) is 0 Å². The van der Waals surface area contributed by atoms with E-state index in [1.54, 1.807) is 25.3 Å². The summed E-state index contributed by atoms with van der Waals surface area (Å²) in [7, 11) is 3.12. The Balaban J connectivity index is 1.64. The smallest absolute Gasteiger partial charge is 0.262 e. The Bertz CT molecular complexity index is 1220. The molecule has 0 saturated carbocycles. The number of benzene rings is 3. The lowest BCUT2D eigenvalue weighted by molar-refractivity contribution is -0.117. The van der Waals surface area contributed by atoms with Gasteiger partial charge in [0.25, 0.3) is 5.91 Å². The maximum absolute atomic E-state index is 12.5. The summed E-state index contributed by atoms with van der Waals surface area (Å²) in [6.07, 6.45) is 1.50. The number of methoxy groups -OCH3 is 2. The Morgan fingerprint density at radius 1 is 0.971 bits per heavy atom. The topological polar surface area (TPSA) is 89.8 Å². The number of halogens is 1. The average Bonchev–Trinajstić information content (AvgIpc) is 2.89. The summed E-state index contributed by atoms with van der Waals surface area (Å²) in [6.45, 7) is 0.910. The van der Waals surface area contributed by atoms with E-state index in [1.807, 2.05) is 54.6 Å². The largest absolute Gasteiger partial charge is 0.497 e. The highest BCUT2D eigenvalue weighted by Gasteiger charge is 2.14. The van der Waals surface area contributed by atoms with Gasteiger partial charge in [-0.05, 0) is 57.4 Å². The minimum atomic E-state index is -0.457. The van der Waals surface area contributed by atoms with Gasteiger partial charge in [-0.15, -0.1) is 0 Å². The Labute approximate surface area is 213 Å². The number of nitriles is 1. The first kappa shape index (κ1) is 25.7. The molecule has 180 valence electrons. The average molecular weight is 537 g/mol. The van der Waals surface area contributed by atoms with Crippen molar-refractivity contribution in [3.63, 3.8) is 0 Å². The summed E-state index contributed by atoms with van der Waals surface area (Å²) in [5.74, 6) is 1.87. The molecule has 0 bridgehead atoms. The molecule has 35 heavy (non-hydrogen) atoms. The lowest BCUT2D eigenvalue weighted by atomic mass is 10.1. The van der Waals surface area contributed by atoms with Crippen molar-refractivity contribution >= 4 is 27.9 Å². The van der Waals surface area contributed by atoms with Gasteiger partial charge in [0.15, 0.2) is 11.5 Å². The summed E-state index contributed by atoms with van der Waals surface area (Å²) in [4.78, 5) is 12.5. The Morgan fingerprint density at radius 3 is 2.43 bits per heavy atom. The molecule has 0 aliphatic heterocycles. The standard InChI is InChI=1S/C27H25BrN2O5/c1-32-22-9-6-10-23(16-22)34-11-12-35-26-24(28)14-20(15-25(26)33-2)13-21(17-29)27(31)30-18-19-7-4-3-5-8-19/h3-10,13-16H,11-12,18H2,1-2H3,(H,30,31)/b21-13+. The number of amides is 1. The molecule has 3 rings (SSSR count). The van der Waals surface area contributed by atoms with Crippen LogP contribution in [0.5, 0.6) is 23.0 Å². The van der Waals surface area contributed by atoms with E-state index in [-0.39, 0.29) is 12.2 Å². The number of carbonyl (C=O) groups is 1. The van der Waals surface area contributed by atoms with Crippen LogP contribution in [0.4, 0.5) is 0 Å². The van der Waals surface area contributed by atoms with Gasteiger partial charge in [0.05, 0.1) is 18.7 Å². The monoisotopic (exact) mass is 536 g/mol. The quantitative estimate of drug-likeness (QED) is 0.207. The second-order valence-corrected chi connectivity index (χ2v) is 8.10. The molecular formula is C27H25BrN2O5. The number of ether oxygens (including phenoxy) is 4. The third-order valence-electron chi connectivity index (χ3n) is 4.86. The van der Waals surface area contributed by atoms with Gasteiger partial charge in [-0.3, -0.25) is 4.79 Å². The Kier molecular flexibility index (Phi) is 9.58. The molecule has 7 nitrogen and oxygen atoms in total. The minimum Gasteiger partial charge on any atom is -0.497 e. The zero-order valence-corrected chi connectivity index (χ0v) is 21.0. The number of nitrogens with one attached hydrogen (secondary N) is 1. The zero-order valence-electron chi connectivity index (χ0n) is 19.4. The van der Waals surface area contributed by atoms with E-state index >= 15 is 0 Å². The zero-order chi connectivity index (χ0) is 25.0. The number of nitrogens with zero attached hydrogens (tertiary/aromatic N) is 1. The molecule has 0 heterocycles. The van der Waals surface area contributed by atoms with Crippen LogP contribution in [0.1, 0.15) is 11.1 Å². The molecule has 8 heteroatoms. The highest BCUT2D eigenvalue weighted by atomic mass is 79.9. The molecule has 1 amide bonds. The van der Waals surface area contributed by atoms with Crippen LogP contribution in [-0.2, 0) is 11.3 Å². The first-order chi connectivity index (χ1) is 17.0. The van der Waals surface area contributed by atoms with Crippen molar-refractivity contribution in [2.45, 2.75) is 6.54 Å². The molecule has 0 spiro atoms. The molecule has 0 fully saturated rings. The van der Waals surface area contributed by atoms with Crippen LogP contribution in [-0.4, -0.2) is 33.3 Å². The van der Waals surface area contributed by atoms with Gasteiger partial charge in [0, 0.05) is 12.6 Å². The summed E-state index contributed by atoms with van der Waals surface area (Å²) in [5.41, 5.74) is 1.54. The van der Waals surface area contributed by atoms with Gasteiger partial charge in [0.2, 0.25) is 0 Å². The number of hydrogen-bond acceptors (Lipinski definition) is 6. The van der Waals surface area contributed by atoms with Crippen molar-refractivity contribution in [2.24, 2.45) is 0 Å². The normalized spacial score (nSPS) is 10.7. The molecule has 0 saturated heterocycles. The molecule has 0 aromatic heterocycles. The molecule has 0 aliphatic rings. The fourth-order valence-electron chi connectivity index (χ4n) is 3.15. The highest BCUT2D eigenvalue weighted by Crippen LogP contribution is 2.37. The van der Waals surface area contributed by atoms with Crippen molar-refractivity contribution in [1.82, 2.24) is 5.32 Å². The van der Waals surface area contributed by atoms with E-state index in [1.165, 1.54) is 13.2 Å². The van der Waals surface area contributed by atoms with Gasteiger partial charge >= 0.3 is 0 Å². The maximum Gasteiger partial charge on any atom is 0.262 e. The van der Waals surface area contributed by atoms with Crippen molar-refractivity contribution in [3.8, 4) is 29.1 Å². The second-order valence-electron chi connectivity index (χ2n) is 7.25. The highest BCUT2D eigenvalue weighted by molar-refractivity contribution is 9.10. The number of rotatable bonds is 11. The van der Waals surface area contributed by atoms with E-state index in [4.69, 9.17) is 18.9 Å². The van der Waals surface area contributed by atoms with E-state index in [9.17, 15) is 10.1 Å². The predicted molar refractivity (Wildman–Crippen MR) is 137 cm³/mol. The van der Waals surface area contributed by atoms with Gasteiger partial charge in [-0.25, -0.2) is 0 Å². The lowest BCUT2D eigenvalue weighted by Gasteiger charge is -2.14. The first-order valence-electron chi connectivity index (χ1n) is 10.7. The molecule has 0 unspecified atom stereocenters. The fourth-order valence-corrected chi connectivity index (χ4v) is 3.72. The molecule has 1 N–H and O–H groups in total. The van der Waals surface area contributed by atoms with E-state index in [0.29, 0.717) is 46.2 Å². The van der Waals surface area contributed by atoms with Gasteiger partial charge < -0.3 is 24.3 Å². The number of hydrogen-bond donors (Lipinski definition) is 1. The summed E-state index contributed by atoms with van der Waals surface area (Å²) >= 11 is 3.49. The third kappa shape index (κ3) is 7.52. The number of carbonyl (C=O) groups excluding carboxylic acids is 1. The van der Waals surface area contributed by atoms with Crippen LogP contribution < -0.4 is 24.3 Å². The van der Waals surface area contributed by atoms with Crippen LogP contribution in [0, 0.1) is 11.3 Å². The maximum atomic E-state index is 12.5. The third-order valence-corrected chi connectivity index (χ3v) is 5.45. The van der Waals surface area contributed by atoms with Crippen molar-refractivity contribution in [2.75, 3.05) is 27.4 Å². The molecule has 3 aromatic rings. The van der Waals surface area contributed by atoms with E-state index in [0.717, 1.165) is 5.56 Å². The summed E-state index contributed by atoms with van der Waals surface area (Å²) < 4.78 is 22.8. The van der Waals surface area contributed by atoms with Crippen LogP contribution in [0.2, 0.25) is 0 Å². The molecule has 0 atom stereocenters. The van der Waals surface area contributed by atoms with Gasteiger partial charge in [-0.1, -0.05) is 36.4 Å². The Morgan fingerprint density at radius 2 is 1.71 bits per heavy atom. The molecule has 0 aliphatic carbocycles. The van der Waals surface area contributed by atoms with E-state index < -0.39 is 5.91 Å². The van der Waals surface area contributed by atoms with Crippen molar-refractivity contribution < 1.29 is 23.7 Å². The Hall–Kier alpha value is -3.96. The van der Waals surface area contributed by atoms with Gasteiger partial charge in [-0.2, -0.15) is 5.26 Å². The fraction of sp³-hybridized carbons (Fsp3) is 0.185. The van der Waals surface area contributed by atoms with Crippen LogP contribution >= 0.6 is 15.9 Å². The van der Waals surface area contributed by atoms with Gasteiger partial charge in [0.1, 0.15) is 36.4 Å². The lowest BCUT2D eigenvalue weighted by Crippen LogP contribution is -2.23. The summed E-state index contributed by atoms with van der Waals surface area (Å²) in [5, 5.41) is 12.3. The van der Waals surface area contributed by atoms with Crippen molar-refractivity contribution in [3.05, 3.63) is 87.9 Å².